The van der Waals surface area contributed by atoms with Crippen molar-refractivity contribution in [1.82, 2.24) is 15.5 Å². The van der Waals surface area contributed by atoms with Gasteiger partial charge in [-0.05, 0) is 38.0 Å². The molecule has 0 radical (unpaired) electrons. The maximum absolute atomic E-state index is 12.4. The second kappa shape index (κ2) is 5.44. The molecule has 2 fully saturated rings. The van der Waals surface area contributed by atoms with E-state index in [9.17, 15) is 14.4 Å². The molecule has 2 N–H and O–H groups in total. The highest BCUT2D eigenvalue weighted by atomic mass is 16.6. The summed E-state index contributed by atoms with van der Waals surface area (Å²) in [6, 6.07) is -0.539. The van der Waals surface area contributed by atoms with Crippen molar-refractivity contribution in [3.8, 4) is 0 Å². The lowest BCUT2D eigenvalue weighted by atomic mass is 10.0. The summed E-state index contributed by atoms with van der Waals surface area (Å²) in [5.74, 6) is 0.198. The van der Waals surface area contributed by atoms with E-state index in [0.29, 0.717) is 18.9 Å². The number of amides is 3. The fraction of sp³-hybridized carbons (Fsp3) is 0.800. The Hall–Kier alpha value is -1.79. The zero-order valence-corrected chi connectivity index (χ0v) is 13.8. The highest BCUT2D eigenvalue weighted by Gasteiger charge is 2.69. The predicted octanol–water partition coefficient (Wildman–Crippen LogP) is 0.698. The molecule has 1 saturated carbocycles. The number of nitrogens with zero attached hydrogens (tertiary/aromatic N) is 1. The normalized spacial score (nSPS) is 28.6. The van der Waals surface area contributed by atoms with E-state index < -0.39 is 17.7 Å². The number of nitrogens with one attached hydrogen (secondary N) is 2. The SMILES string of the molecule is CC(C)(C)OC(=O)N1C[C@H]2[C@@H]([C@H]1C(=O)NCNC=O)C2(C)C. The molecule has 3 amide bonds. The molecule has 1 aliphatic heterocycles. The van der Waals surface area contributed by atoms with Gasteiger partial charge in [-0.25, -0.2) is 4.79 Å². The van der Waals surface area contributed by atoms with E-state index in [1.54, 1.807) is 20.8 Å². The third-order valence-corrected chi connectivity index (χ3v) is 4.55. The van der Waals surface area contributed by atoms with Gasteiger partial charge in [-0.15, -0.1) is 0 Å². The molecular formula is C15H25N3O4. The number of piperidine rings is 1. The lowest BCUT2D eigenvalue weighted by Gasteiger charge is -2.32. The van der Waals surface area contributed by atoms with Crippen LogP contribution in [-0.2, 0) is 14.3 Å². The zero-order chi connectivity index (χ0) is 16.7. The number of hydrogen-bond acceptors (Lipinski definition) is 4. The van der Waals surface area contributed by atoms with Crippen LogP contribution in [0.15, 0.2) is 0 Å². The lowest BCUT2D eigenvalue weighted by Crippen LogP contribution is -2.52. The third-order valence-electron chi connectivity index (χ3n) is 4.55. The van der Waals surface area contributed by atoms with Gasteiger partial charge in [-0.2, -0.15) is 0 Å². The van der Waals surface area contributed by atoms with Crippen LogP contribution in [0.2, 0.25) is 0 Å². The minimum atomic E-state index is -0.598. The highest BCUT2D eigenvalue weighted by molar-refractivity contribution is 5.87. The second-order valence-corrected chi connectivity index (χ2v) is 7.57. The Balaban J connectivity index is 2.08. The van der Waals surface area contributed by atoms with Gasteiger partial charge in [0.15, 0.2) is 0 Å². The summed E-state index contributed by atoms with van der Waals surface area (Å²) in [6.07, 6.45) is 0.0590. The third kappa shape index (κ3) is 3.03. The van der Waals surface area contributed by atoms with Crippen molar-refractivity contribution < 1.29 is 19.1 Å². The summed E-state index contributed by atoms with van der Waals surface area (Å²) in [6.45, 7) is 10.2. The molecule has 7 heteroatoms. The Morgan fingerprint density at radius 1 is 1.36 bits per heavy atom. The minimum absolute atomic E-state index is 0.0542. The molecule has 1 aliphatic carbocycles. The first-order chi connectivity index (χ1) is 10.1. The molecule has 2 rings (SSSR count). The average molecular weight is 311 g/mol. The van der Waals surface area contributed by atoms with Gasteiger partial charge in [0.2, 0.25) is 12.3 Å². The van der Waals surface area contributed by atoms with Crippen LogP contribution in [0.3, 0.4) is 0 Å². The smallest absolute Gasteiger partial charge is 0.410 e. The Bertz CT molecular complexity index is 484. The first kappa shape index (κ1) is 16.6. The Kier molecular flexibility index (Phi) is 4.10. The second-order valence-electron chi connectivity index (χ2n) is 7.57. The molecule has 22 heavy (non-hydrogen) atoms. The summed E-state index contributed by atoms with van der Waals surface area (Å²) >= 11 is 0. The van der Waals surface area contributed by atoms with Gasteiger partial charge in [-0.3, -0.25) is 14.5 Å². The molecule has 2 aliphatic rings. The van der Waals surface area contributed by atoms with Crippen LogP contribution in [-0.4, -0.2) is 48.2 Å². The van der Waals surface area contributed by atoms with Crippen molar-refractivity contribution >= 4 is 18.4 Å². The standard InChI is InChI=1S/C15H25N3O4/c1-14(2,3)22-13(21)18-6-9-10(15(9,4)5)11(18)12(20)17-7-16-8-19/h8-11H,6-7H2,1-5H3,(H,16,19)(H,17,20)/t9-,10-,11-/m0/s1. The molecule has 0 aromatic heterocycles. The quantitative estimate of drug-likeness (QED) is 0.454. The van der Waals surface area contributed by atoms with Crippen LogP contribution >= 0.6 is 0 Å². The van der Waals surface area contributed by atoms with Crippen LogP contribution in [0.25, 0.3) is 0 Å². The largest absolute Gasteiger partial charge is 0.444 e. The van der Waals surface area contributed by atoms with Crippen LogP contribution in [0.4, 0.5) is 4.79 Å². The van der Waals surface area contributed by atoms with Crippen molar-refractivity contribution in [2.45, 2.75) is 46.3 Å². The maximum Gasteiger partial charge on any atom is 0.410 e. The molecule has 0 aromatic carbocycles. The van der Waals surface area contributed by atoms with Crippen LogP contribution < -0.4 is 10.6 Å². The molecule has 0 bridgehead atoms. The van der Waals surface area contributed by atoms with E-state index in [2.05, 4.69) is 24.5 Å². The number of carbonyl (C=O) groups excluding carboxylic acids is 3. The molecule has 0 aromatic rings. The van der Waals surface area contributed by atoms with Crippen LogP contribution in [0.5, 0.6) is 0 Å². The maximum atomic E-state index is 12.4. The van der Waals surface area contributed by atoms with E-state index in [4.69, 9.17) is 4.74 Å². The molecule has 0 unspecified atom stereocenters. The van der Waals surface area contributed by atoms with E-state index >= 15 is 0 Å². The summed E-state index contributed by atoms with van der Waals surface area (Å²) in [4.78, 5) is 36.5. The van der Waals surface area contributed by atoms with E-state index in [1.807, 2.05) is 0 Å². The summed E-state index contributed by atoms with van der Waals surface area (Å²) < 4.78 is 5.40. The van der Waals surface area contributed by atoms with Crippen molar-refractivity contribution in [1.29, 1.82) is 0 Å². The monoisotopic (exact) mass is 311 g/mol. The predicted molar refractivity (Wildman–Crippen MR) is 79.7 cm³/mol. The Labute approximate surface area is 130 Å². The Morgan fingerprint density at radius 2 is 2.00 bits per heavy atom. The Morgan fingerprint density at radius 3 is 2.55 bits per heavy atom. The van der Waals surface area contributed by atoms with E-state index in [-0.39, 0.29) is 23.9 Å². The molecule has 124 valence electrons. The molecule has 0 spiro atoms. The summed E-state index contributed by atoms with van der Waals surface area (Å²) in [7, 11) is 0. The minimum Gasteiger partial charge on any atom is -0.444 e. The molecule has 3 atom stereocenters. The molecular weight excluding hydrogens is 286 g/mol. The highest BCUT2D eigenvalue weighted by Crippen LogP contribution is 2.64. The summed E-state index contributed by atoms with van der Waals surface area (Å²) in [5.41, 5.74) is -0.544. The first-order valence-electron chi connectivity index (χ1n) is 7.54. The number of carbonyl (C=O) groups is 3. The van der Waals surface area contributed by atoms with E-state index in [1.165, 1.54) is 4.90 Å². The van der Waals surface area contributed by atoms with Gasteiger partial charge in [0, 0.05) is 6.54 Å². The zero-order valence-electron chi connectivity index (χ0n) is 13.8. The topological polar surface area (TPSA) is 87.7 Å². The van der Waals surface area contributed by atoms with Crippen molar-refractivity contribution in [2.75, 3.05) is 13.2 Å². The van der Waals surface area contributed by atoms with Gasteiger partial charge >= 0.3 is 6.09 Å². The number of likely N-dealkylation sites (tertiary alicyclic amines) is 1. The van der Waals surface area contributed by atoms with Gasteiger partial charge in [0.1, 0.15) is 11.6 Å². The number of fused-ring (bicyclic) bond motifs is 1. The summed E-state index contributed by atoms with van der Waals surface area (Å²) in [5, 5.41) is 5.02. The fourth-order valence-corrected chi connectivity index (χ4v) is 3.38. The van der Waals surface area contributed by atoms with Gasteiger partial charge in [0.05, 0.1) is 6.67 Å². The average Bonchev–Trinajstić information content (AvgIpc) is 2.74. The molecule has 1 heterocycles. The van der Waals surface area contributed by atoms with Gasteiger partial charge in [-0.1, -0.05) is 13.8 Å². The van der Waals surface area contributed by atoms with Gasteiger partial charge in [0.25, 0.3) is 0 Å². The fourth-order valence-electron chi connectivity index (χ4n) is 3.38. The van der Waals surface area contributed by atoms with Gasteiger partial charge < -0.3 is 15.4 Å². The lowest BCUT2D eigenvalue weighted by molar-refractivity contribution is -0.127. The molecule has 1 saturated heterocycles. The van der Waals surface area contributed by atoms with E-state index in [0.717, 1.165) is 0 Å². The first-order valence-corrected chi connectivity index (χ1v) is 7.54. The molecule has 7 nitrogen and oxygen atoms in total. The van der Waals surface area contributed by atoms with Crippen molar-refractivity contribution in [3.05, 3.63) is 0 Å². The number of rotatable bonds is 4. The van der Waals surface area contributed by atoms with Crippen molar-refractivity contribution in [2.24, 2.45) is 17.3 Å². The van der Waals surface area contributed by atoms with Crippen LogP contribution in [0.1, 0.15) is 34.6 Å². The van der Waals surface area contributed by atoms with Crippen molar-refractivity contribution in [3.63, 3.8) is 0 Å². The number of ether oxygens (including phenoxy) is 1. The number of hydrogen-bond donors (Lipinski definition) is 2. The van der Waals surface area contributed by atoms with Crippen LogP contribution in [0, 0.1) is 17.3 Å².